The molecule has 34 heavy (non-hydrogen) atoms. The van der Waals surface area contributed by atoms with Gasteiger partial charge in [-0.05, 0) is 42.3 Å². The number of aromatic nitrogens is 1. The average Bonchev–Trinajstić information content (AvgIpc) is 2.90. The number of aliphatic carboxylic acids is 1. The zero-order valence-electron chi connectivity index (χ0n) is 19.0. The Bertz CT molecular complexity index is 1290. The number of benzene rings is 4. The maximum atomic E-state index is 8.89. The number of carboxylic acid groups (broad SMARTS) is 1. The van der Waals surface area contributed by atoms with Gasteiger partial charge >= 0.3 is 0 Å². The van der Waals surface area contributed by atoms with Gasteiger partial charge in [0.25, 0.3) is 0 Å². The minimum absolute atomic E-state index is 0.972. The number of carboxylic acids is 1. The highest BCUT2D eigenvalue weighted by molar-refractivity contribution is 5.74. The summed E-state index contributed by atoms with van der Waals surface area (Å²) in [7, 11) is 0. The molecule has 0 N–H and O–H groups in total. The second kappa shape index (κ2) is 10.9. The number of hydrogen-bond acceptors (Lipinski definition) is 2. The average molecular weight is 444 g/mol. The van der Waals surface area contributed by atoms with Crippen LogP contribution >= 0.6 is 0 Å². The second-order valence-corrected chi connectivity index (χ2v) is 7.78. The van der Waals surface area contributed by atoms with Gasteiger partial charge in [-0.1, -0.05) is 84.9 Å². The van der Waals surface area contributed by atoms with Crippen molar-refractivity contribution in [1.29, 1.82) is 0 Å². The van der Waals surface area contributed by atoms with Crippen LogP contribution in [0.15, 0.2) is 133 Å². The summed E-state index contributed by atoms with van der Waals surface area (Å²) >= 11 is 0. The zero-order chi connectivity index (χ0) is 23.8. The summed E-state index contributed by atoms with van der Waals surface area (Å²) < 4.78 is 2.36. The second-order valence-electron chi connectivity index (χ2n) is 7.78. The first-order valence-electron chi connectivity index (χ1n) is 11.1. The number of carbonyl (C=O) groups excluding carboxylic acids is 1. The van der Waals surface area contributed by atoms with Gasteiger partial charge in [-0.3, -0.25) is 0 Å². The summed E-state index contributed by atoms with van der Waals surface area (Å²) in [5, 5.41) is 8.89. The van der Waals surface area contributed by atoms with Crippen LogP contribution in [0.2, 0.25) is 0 Å². The van der Waals surface area contributed by atoms with Crippen LogP contribution in [0.4, 0.5) is 0 Å². The Morgan fingerprint density at radius 2 is 0.853 bits per heavy atom. The number of rotatable bonds is 4. The van der Waals surface area contributed by atoms with Crippen LogP contribution in [0.5, 0.6) is 0 Å². The Labute approximate surface area is 200 Å². The van der Waals surface area contributed by atoms with Crippen molar-refractivity contribution in [3.8, 4) is 39.3 Å². The SMILES string of the molecule is CC(=O)[O-].c1ccc(-c2cc(-c3ccccc3)[n+](-c3ccccc3)c(-c3ccccc3)c2)cc1. The zero-order valence-corrected chi connectivity index (χ0v) is 19.0. The standard InChI is InChI=1S/C29H22N.C2H4O2/c1-5-13-23(14-6-1)26-21-28(24-15-7-2-8-16-24)30(27-19-11-4-12-20-27)29(22-26)25-17-9-3-10-18-25;1-2(3)4/h1-22H;1H3,(H,3,4)/q+1;/p-1. The number of para-hydroxylation sites is 1. The third kappa shape index (κ3) is 5.45. The van der Waals surface area contributed by atoms with Crippen LogP contribution in [-0.4, -0.2) is 5.97 Å². The Morgan fingerprint density at radius 3 is 1.24 bits per heavy atom. The van der Waals surface area contributed by atoms with Crippen LogP contribution in [0, 0.1) is 0 Å². The molecule has 0 saturated carbocycles. The quantitative estimate of drug-likeness (QED) is 0.334. The lowest BCUT2D eigenvalue weighted by Gasteiger charge is -2.12. The lowest BCUT2D eigenvalue weighted by molar-refractivity contribution is -0.572. The molecule has 1 heterocycles. The van der Waals surface area contributed by atoms with Gasteiger partial charge in [0.2, 0.25) is 17.1 Å². The minimum atomic E-state index is -1.08. The maximum Gasteiger partial charge on any atom is 0.219 e. The van der Waals surface area contributed by atoms with Crippen molar-refractivity contribution in [2.24, 2.45) is 0 Å². The molecule has 0 bridgehead atoms. The van der Waals surface area contributed by atoms with Gasteiger partial charge in [-0.2, -0.15) is 4.57 Å². The highest BCUT2D eigenvalue weighted by atomic mass is 16.4. The fourth-order valence-electron chi connectivity index (χ4n) is 3.89. The van der Waals surface area contributed by atoms with Crippen molar-refractivity contribution >= 4 is 5.97 Å². The van der Waals surface area contributed by atoms with Gasteiger partial charge in [-0.15, -0.1) is 0 Å². The Morgan fingerprint density at radius 1 is 0.529 bits per heavy atom. The molecule has 166 valence electrons. The number of pyridine rings is 1. The molecule has 0 saturated heterocycles. The molecule has 0 aliphatic rings. The number of carbonyl (C=O) groups is 1. The summed E-state index contributed by atoms with van der Waals surface area (Å²) in [6.07, 6.45) is 0. The third-order valence-electron chi connectivity index (χ3n) is 5.33. The Balaban J connectivity index is 0.000000636. The van der Waals surface area contributed by atoms with Crippen LogP contribution in [0.25, 0.3) is 39.3 Å². The molecule has 5 rings (SSSR count). The van der Waals surface area contributed by atoms with Crippen molar-refractivity contribution in [3.05, 3.63) is 133 Å². The van der Waals surface area contributed by atoms with Crippen molar-refractivity contribution < 1.29 is 14.5 Å². The van der Waals surface area contributed by atoms with E-state index in [1.807, 2.05) is 0 Å². The van der Waals surface area contributed by atoms with E-state index in [0.717, 1.165) is 12.6 Å². The van der Waals surface area contributed by atoms with Gasteiger partial charge in [0.05, 0.1) is 0 Å². The lowest BCUT2D eigenvalue weighted by atomic mass is 9.98. The van der Waals surface area contributed by atoms with E-state index in [1.54, 1.807) is 0 Å². The first-order valence-corrected chi connectivity index (χ1v) is 11.1. The van der Waals surface area contributed by atoms with Crippen LogP contribution < -0.4 is 9.67 Å². The van der Waals surface area contributed by atoms with E-state index >= 15 is 0 Å². The monoisotopic (exact) mass is 443 g/mol. The summed E-state index contributed by atoms with van der Waals surface area (Å²) in [5.74, 6) is -1.08. The molecule has 3 nitrogen and oxygen atoms in total. The Hall–Kier alpha value is -4.50. The van der Waals surface area contributed by atoms with Gasteiger partial charge < -0.3 is 9.90 Å². The summed E-state index contributed by atoms with van der Waals surface area (Å²) in [6, 6.07) is 47.0. The van der Waals surface area contributed by atoms with E-state index in [2.05, 4.69) is 138 Å². The smallest absolute Gasteiger partial charge is 0.219 e. The van der Waals surface area contributed by atoms with Crippen LogP contribution in [-0.2, 0) is 4.79 Å². The van der Waals surface area contributed by atoms with E-state index in [9.17, 15) is 0 Å². The molecule has 3 heteroatoms. The van der Waals surface area contributed by atoms with E-state index in [1.165, 1.54) is 33.6 Å². The fourth-order valence-corrected chi connectivity index (χ4v) is 3.89. The van der Waals surface area contributed by atoms with Crippen molar-refractivity contribution in [2.75, 3.05) is 0 Å². The van der Waals surface area contributed by atoms with Crippen molar-refractivity contribution in [1.82, 2.24) is 0 Å². The molecule has 0 unspecified atom stereocenters. The van der Waals surface area contributed by atoms with Gasteiger partial charge in [0, 0.05) is 41.4 Å². The molecular weight excluding hydrogens is 418 g/mol. The van der Waals surface area contributed by atoms with E-state index in [4.69, 9.17) is 9.90 Å². The third-order valence-corrected chi connectivity index (χ3v) is 5.33. The first-order chi connectivity index (χ1) is 16.6. The first kappa shape index (κ1) is 22.7. The number of hydrogen-bond donors (Lipinski definition) is 0. The van der Waals surface area contributed by atoms with Crippen molar-refractivity contribution in [2.45, 2.75) is 6.92 Å². The summed E-state index contributed by atoms with van der Waals surface area (Å²) in [6.45, 7) is 0.972. The van der Waals surface area contributed by atoms with Gasteiger partial charge in [0.15, 0.2) is 0 Å². The minimum Gasteiger partial charge on any atom is -0.550 e. The molecule has 4 aromatic carbocycles. The van der Waals surface area contributed by atoms with Crippen molar-refractivity contribution in [3.63, 3.8) is 0 Å². The fraction of sp³-hybridized carbons (Fsp3) is 0.0323. The molecule has 1 aromatic heterocycles. The van der Waals surface area contributed by atoms with Gasteiger partial charge in [-0.25, -0.2) is 0 Å². The lowest BCUT2D eigenvalue weighted by Crippen LogP contribution is -2.36. The molecule has 0 aliphatic heterocycles. The van der Waals surface area contributed by atoms with E-state index < -0.39 is 5.97 Å². The van der Waals surface area contributed by atoms with Crippen LogP contribution in [0.3, 0.4) is 0 Å². The highest BCUT2D eigenvalue weighted by Crippen LogP contribution is 2.30. The topological polar surface area (TPSA) is 44.0 Å². The summed E-state index contributed by atoms with van der Waals surface area (Å²) in [5.41, 5.74) is 8.29. The van der Waals surface area contributed by atoms with E-state index in [-0.39, 0.29) is 0 Å². The predicted molar refractivity (Wildman–Crippen MR) is 135 cm³/mol. The maximum absolute atomic E-state index is 8.89. The number of nitrogens with zero attached hydrogens (tertiary/aromatic N) is 1. The molecule has 0 fully saturated rings. The molecule has 5 aromatic rings. The molecule has 0 radical (unpaired) electrons. The predicted octanol–water partition coefficient (Wildman–Crippen LogP) is 5.72. The molecule has 0 atom stereocenters. The highest BCUT2D eigenvalue weighted by Gasteiger charge is 2.24. The molecule has 0 amide bonds. The van der Waals surface area contributed by atoms with Crippen LogP contribution in [0.1, 0.15) is 6.92 Å². The van der Waals surface area contributed by atoms with E-state index in [0.29, 0.717) is 0 Å². The molecule has 0 aliphatic carbocycles. The Kier molecular flexibility index (Phi) is 7.26. The van der Waals surface area contributed by atoms with Gasteiger partial charge in [0.1, 0.15) is 0 Å². The summed E-state index contributed by atoms with van der Waals surface area (Å²) in [4.78, 5) is 8.89. The molecule has 0 spiro atoms. The normalized spacial score (nSPS) is 10.1. The molecular formula is C31H25NO2. The largest absolute Gasteiger partial charge is 0.550 e.